The van der Waals surface area contributed by atoms with Crippen LogP contribution in [0.4, 0.5) is 27.6 Å². The van der Waals surface area contributed by atoms with Gasteiger partial charge in [-0.05, 0) is 45.1 Å². The van der Waals surface area contributed by atoms with Crippen LogP contribution in [0, 0.1) is 5.41 Å². The summed E-state index contributed by atoms with van der Waals surface area (Å²) in [7, 11) is 0. The maximum atomic E-state index is 13.1. The van der Waals surface area contributed by atoms with Gasteiger partial charge in [-0.25, -0.2) is 13.8 Å². The van der Waals surface area contributed by atoms with Gasteiger partial charge in [0.15, 0.2) is 6.10 Å². The molecule has 0 bridgehead atoms. The Balaban J connectivity index is 1.59. The standard InChI is InChI=1S/C20H25F5N2O4/c1-13(20(23,24)25)31-16-3-2-14(10-26-16)27-9-8-18(17(27)28)4-6-19(29,7-5-18)12-30-11-15(21)22/h2-3,10,13,15,29H,4-9,11-12H2,1H3/t13-,18-,19+/m0/s1. The van der Waals surface area contributed by atoms with Crippen molar-refractivity contribution in [1.82, 2.24) is 4.98 Å². The molecule has 1 aromatic rings. The molecule has 11 heteroatoms. The third-order valence-electron chi connectivity index (χ3n) is 6.06. The Morgan fingerprint density at radius 1 is 1.19 bits per heavy atom. The summed E-state index contributed by atoms with van der Waals surface area (Å²) in [4.78, 5) is 18.5. The molecule has 31 heavy (non-hydrogen) atoms. The molecular formula is C20H25F5N2O4. The third kappa shape index (κ3) is 5.43. The molecule has 3 rings (SSSR count). The second kappa shape index (κ2) is 8.85. The number of alkyl halides is 5. The number of rotatable bonds is 7. The van der Waals surface area contributed by atoms with Crippen LogP contribution in [0.2, 0.25) is 0 Å². The quantitative estimate of drug-likeness (QED) is 0.639. The molecule has 1 amide bonds. The molecule has 2 heterocycles. The largest absolute Gasteiger partial charge is 0.465 e. The number of ether oxygens (including phenoxy) is 2. The number of amides is 1. The van der Waals surface area contributed by atoms with E-state index in [-0.39, 0.29) is 31.2 Å². The summed E-state index contributed by atoms with van der Waals surface area (Å²) < 4.78 is 71.9. The van der Waals surface area contributed by atoms with E-state index in [9.17, 15) is 31.9 Å². The second-order valence-electron chi connectivity index (χ2n) is 8.27. The smallest absolute Gasteiger partial charge is 0.425 e. The lowest BCUT2D eigenvalue weighted by molar-refractivity contribution is -0.189. The van der Waals surface area contributed by atoms with Crippen LogP contribution in [-0.4, -0.2) is 60.1 Å². The number of anilines is 1. The average molecular weight is 452 g/mol. The van der Waals surface area contributed by atoms with Crippen LogP contribution in [0.25, 0.3) is 0 Å². The molecule has 1 saturated heterocycles. The number of pyridine rings is 1. The van der Waals surface area contributed by atoms with Crippen molar-refractivity contribution in [2.24, 2.45) is 5.41 Å². The average Bonchev–Trinajstić information content (AvgIpc) is 3.01. The lowest BCUT2D eigenvalue weighted by Gasteiger charge is -2.40. The first-order valence-corrected chi connectivity index (χ1v) is 10.0. The molecule has 1 spiro atoms. The van der Waals surface area contributed by atoms with Gasteiger partial charge < -0.3 is 19.5 Å². The van der Waals surface area contributed by atoms with Crippen molar-refractivity contribution in [1.29, 1.82) is 0 Å². The number of carbonyl (C=O) groups excluding carboxylic acids is 1. The SMILES string of the molecule is C[C@H](Oc1ccc(N2CC[C@]3(CC[C@@](O)(COCC(F)F)CC3)C2=O)cn1)C(F)(F)F. The Kier molecular flexibility index (Phi) is 6.75. The van der Waals surface area contributed by atoms with E-state index in [2.05, 4.69) is 4.98 Å². The van der Waals surface area contributed by atoms with Crippen LogP contribution in [-0.2, 0) is 9.53 Å². The van der Waals surface area contributed by atoms with Gasteiger partial charge in [-0.15, -0.1) is 0 Å². The molecule has 1 saturated carbocycles. The van der Waals surface area contributed by atoms with Crippen LogP contribution < -0.4 is 9.64 Å². The Labute approximate surface area is 176 Å². The highest BCUT2D eigenvalue weighted by atomic mass is 19.4. The summed E-state index contributed by atoms with van der Waals surface area (Å²) in [6.07, 6.45) is -5.95. The zero-order valence-corrected chi connectivity index (χ0v) is 17.0. The first-order chi connectivity index (χ1) is 14.4. The Morgan fingerprint density at radius 3 is 2.42 bits per heavy atom. The van der Waals surface area contributed by atoms with Crippen molar-refractivity contribution < 1.29 is 41.3 Å². The van der Waals surface area contributed by atoms with Crippen molar-refractivity contribution in [2.45, 2.75) is 63.3 Å². The minimum absolute atomic E-state index is 0.137. The van der Waals surface area contributed by atoms with E-state index in [1.807, 2.05) is 0 Å². The van der Waals surface area contributed by atoms with Crippen molar-refractivity contribution in [3.8, 4) is 5.88 Å². The van der Waals surface area contributed by atoms with E-state index in [0.717, 1.165) is 6.92 Å². The molecule has 0 unspecified atom stereocenters. The van der Waals surface area contributed by atoms with Gasteiger partial charge in [-0.2, -0.15) is 13.2 Å². The zero-order chi connectivity index (χ0) is 22.9. The summed E-state index contributed by atoms with van der Waals surface area (Å²) in [5.41, 5.74) is -1.44. The van der Waals surface area contributed by atoms with E-state index in [4.69, 9.17) is 9.47 Å². The van der Waals surface area contributed by atoms with Crippen molar-refractivity contribution in [3.63, 3.8) is 0 Å². The Bertz CT molecular complexity index is 764. The molecule has 2 aliphatic rings. The second-order valence-corrected chi connectivity index (χ2v) is 8.27. The van der Waals surface area contributed by atoms with Gasteiger partial charge >= 0.3 is 6.18 Å². The van der Waals surface area contributed by atoms with Crippen LogP contribution in [0.1, 0.15) is 39.0 Å². The van der Waals surface area contributed by atoms with Crippen LogP contribution in [0.15, 0.2) is 18.3 Å². The molecule has 174 valence electrons. The maximum absolute atomic E-state index is 13.1. The van der Waals surface area contributed by atoms with Crippen LogP contribution in [0.5, 0.6) is 5.88 Å². The fourth-order valence-corrected chi connectivity index (χ4v) is 4.06. The molecule has 6 nitrogen and oxygen atoms in total. The Morgan fingerprint density at radius 2 is 1.87 bits per heavy atom. The first kappa shape index (κ1) is 23.6. The van der Waals surface area contributed by atoms with E-state index in [1.165, 1.54) is 23.2 Å². The summed E-state index contributed by atoms with van der Waals surface area (Å²) in [5.74, 6) is -0.330. The summed E-state index contributed by atoms with van der Waals surface area (Å²) in [6, 6.07) is 2.77. The lowest BCUT2D eigenvalue weighted by atomic mass is 9.68. The molecule has 0 radical (unpaired) electrons. The Hall–Kier alpha value is -2.01. The zero-order valence-electron chi connectivity index (χ0n) is 17.0. The minimum Gasteiger partial charge on any atom is -0.465 e. The highest BCUT2D eigenvalue weighted by Crippen LogP contribution is 2.48. The van der Waals surface area contributed by atoms with Crippen molar-refractivity contribution in [2.75, 3.05) is 24.7 Å². The van der Waals surface area contributed by atoms with E-state index in [1.54, 1.807) is 0 Å². The number of aromatic nitrogens is 1. The van der Waals surface area contributed by atoms with Crippen molar-refractivity contribution in [3.05, 3.63) is 18.3 Å². The van der Waals surface area contributed by atoms with E-state index >= 15 is 0 Å². The number of aliphatic hydroxyl groups is 1. The predicted octanol–water partition coefficient (Wildman–Crippen LogP) is 3.72. The molecule has 1 N–H and O–H groups in total. The third-order valence-corrected chi connectivity index (χ3v) is 6.06. The topological polar surface area (TPSA) is 71.9 Å². The molecule has 1 atom stereocenters. The van der Waals surface area contributed by atoms with E-state index in [0.29, 0.717) is 31.5 Å². The van der Waals surface area contributed by atoms with Gasteiger partial charge in [0.2, 0.25) is 11.8 Å². The molecule has 1 aliphatic carbocycles. The molecule has 2 fully saturated rings. The summed E-state index contributed by atoms with van der Waals surface area (Å²) in [5, 5.41) is 10.6. The number of nitrogens with zero attached hydrogens (tertiary/aromatic N) is 2. The maximum Gasteiger partial charge on any atom is 0.425 e. The summed E-state index contributed by atoms with van der Waals surface area (Å²) in [6.45, 7) is 0.355. The fraction of sp³-hybridized carbons (Fsp3) is 0.700. The van der Waals surface area contributed by atoms with Gasteiger partial charge in [-0.3, -0.25) is 4.79 Å². The van der Waals surface area contributed by atoms with Gasteiger partial charge in [0.25, 0.3) is 6.43 Å². The van der Waals surface area contributed by atoms with Gasteiger partial charge in [0, 0.05) is 12.6 Å². The van der Waals surface area contributed by atoms with Gasteiger partial charge in [-0.1, -0.05) is 0 Å². The molecule has 0 aromatic carbocycles. The highest BCUT2D eigenvalue weighted by Gasteiger charge is 2.51. The highest BCUT2D eigenvalue weighted by molar-refractivity contribution is 5.99. The lowest BCUT2D eigenvalue weighted by Crippen LogP contribution is -2.46. The number of hydrogen-bond acceptors (Lipinski definition) is 5. The van der Waals surface area contributed by atoms with Gasteiger partial charge in [0.05, 0.1) is 29.5 Å². The molecule has 1 aromatic heterocycles. The normalized spacial score (nSPS) is 27.9. The van der Waals surface area contributed by atoms with Crippen molar-refractivity contribution >= 4 is 11.6 Å². The van der Waals surface area contributed by atoms with Gasteiger partial charge in [0.1, 0.15) is 6.61 Å². The van der Waals surface area contributed by atoms with Crippen LogP contribution >= 0.6 is 0 Å². The van der Waals surface area contributed by atoms with Crippen LogP contribution in [0.3, 0.4) is 0 Å². The number of carbonyl (C=O) groups is 1. The number of halogens is 5. The summed E-state index contributed by atoms with van der Waals surface area (Å²) >= 11 is 0. The minimum atomic E-state index is -4.51. The number of hydrogen-bond donors (Lipinski definition) is 1. The molecular weight excluding hydrogens is 427 g/mol. The first-order valence-electron chi connectivity index (χ1n) is 10.0. The fourth-order valence-electron chi connectivity index (χ4n) is 4.06. The molecule has 1 aliphatic heterocycles. The monoisotopic (exact) mass is 452 g/mol. The predicted molar refractivity (Wildman–Crippen MR) is 100 cm³/mol. The van der Waals surface area contributed by atoms with E-state index < -0.39 is 36.3 Å².